The van der Waals surface area contributed by atoms with Crippen LogP contribution in [0.2, 0.25) is 0 Å². The van der Waals surface area contributed by atoms with Crippen molar-refractivity contribution >= 4 is 7.68 Å². The Morgan fingerprint density at radius 2 is 1.86 bits per heavy atom. The lowest BCUT2D eigenvalue weighted by Gasteiger charge is -2.28. The van der Waals surface area contributed by atoms with Crippen LogP contribution in [0, 0.1) is 5.92 Å². The second-order valence-electron chi connectivity index (χ2n) is 4.06. The molecule has 4 heteroatoms. The Bertz CT molecular complexity index is 212. The molecule has 1 fully saturated rings. The second kappa shape index (κ2) is 5.27. The van der Waals surface area contributed by atoms with Gasteiger partial charge < -0.3 is 4.52 Å². The van der Waals surface area contributed by atoms with E-state index in [1.165, 1.54) is 6.42 Å². The van der Waals surface area contributed by atoms with Gasteiger partial charge in [-0.3, -0.25) is 4.57 Å². The van der Waals surface area contributed by atoms with Crippen LogP contribution in [0.5, 0.6) is 0 Å². The van der Waals surface area contributed by atoms with E-state index in [0.29, 0.717) is 0 Å². The number of hydrogen-bond donors (Lipinski definition) is 0. The normalized spacial score (nSPS) is 32.5. The van der Waals surface area contributed by atoms with Crippen LogP contribution in [0.4, 0.5) is 4.20 Å². The van der Waals surface area contributed by atoms with E-state index in [-0.39, 0.29) is 12.3 Å². The maximum absolute atomic E-state index is 13.1. The van der Waals surface area contributed by atoms with Gasteiger partial charge in [0.15, 0.2) is 0 Å². The highest BCUT2D eigenvalue weighted by Crippen LogP contribution is 2.51. The molecule has 0 heterocycles. The largest absolute Gasteiger partial charge is 0.367 e. The van der Waals surface area contributed by atoms with Gasteiger partial charge in [-0.05, 0) is 31.6 Å². The summed E-state index contributed by atoms with van der Waals surface area (Å²) >= 11 is 0. The van der Waals surface area contributed by atoms with Crippen LogP contribution >= 0.6 is 7.68 Å². The van der Waals surface area contributed by atoms with Crippen molar-refractivity contribution in [2.75, 3.05) is 6.16 Å². The first-order chi connectivity index (χ1) is 6.57. The third-order valence-electron chi connectivity index (χ3n) is 3.06. The van der Waals surface area contributed by atoms with E-state index in [1.807, 2.05) is 0 Å². The summed E-state index contributed by atoms with van der Waals surface area (Å²) in [6, 6.07) is 0. The quantitative estimate of drug-likeness (QED) is 0.668. The Morgan fingerprint density at radius 3 is 2.29 bits per heavy atom. The molecule has 0 spiro atoms. The van der Waals surface area contributed by atoms with Crippen LogP contribution in [-0.2, 0) is 9.09 Å². The number of hydrogen-bond acceptors (Lipinski definition) is 2. The Kier molecular flexibility index (Phi) is 4.59. The molecule has 1 aliphatic carbocycles. The lowest BCUT2D eigenvalue weighted by Crippen LogP contribution is -2.20. The molecule has 1 aliphatic rings. The van der Waals surface area contributed by atoms with Gasteiger partial charge in [0.25, 0.3) is 0 Å². The van der Waals surface area contributed by atoms with E-state index in [2.05, 4.69) is 6.92 Å². The van der Waals surface area contributed by atoms with Crippen LogP contribution in [0.1, 0.15) is 46.0 Å². The predicted molar refractivity (Wildman–Crippen MR) is 56.4 cm³/mol. The summed E-state index contributed by atoms with van der Waals surface area (Å²) in [4.78, 5) is 0. The van der Waals surface area contributed by atoms with Gasteiger partial charge in [-0.15, -0.1) is 0 Å². The molecular weight excluding hydrogens is 202 g/mol. The third-order valence-corrected chi connectivity index (χ3v) is 4.42. The number of rotatable bonds is 4. The Morgan fingerprint density at radius 1 is 1.29 bits per heavy atom. The van der Waals surface area contributed by atoms with Crippen LogP contribution in [0.3, 0.4) is 0 Å². The molecular formula is C10H20FO2P. The molecule has 0 aliphatic heterocycles. The van der Waals surface area contributed by atoms with Crippen molar-refractivity contribution in [1.29, 1.82) is 0 Å². The zero-order chi connectivity index (χ0) is 10.6. The first kappa shape index (κ1) is 12.2. The summed E-state index contributed by atoms with van der Waals surface area (Å²) in [6.45, 7) is 3.75. The van der Waals surface area contributed by atoms with Crippen molar-refractivity contribution in [3.63, 3.8) is 0 Å². The Hall–Kier alpha value is 0.120. The number of halogens is 1. The summed E-state index contributed by atoms with van der Waals surface area (Å²) in [5.74, 6) is 0.760. The molecule has 84 valence electrons. The van der Waals surface area contributed by atoms with Gasteiger partial charge >= 0.3 is 7.68 Å². The van der Waals surface area contributed by atoms with Gasteiger partial charge in [0, 0.05) is 0 Å². The average Bonchev–Trinajstić information content (AvgIpc) is 2.19. The smallest absolute Gasteiger partial charge is 0.302 e. The fraction of sp³-hybridized carbons (Fsp3) is 1.00. The molecule has 1 saturated carbocycles. The molecule has 1 rings (SSSR count). The molecule has 14 heavy (non-hydrogen) atoms. The van der Waals surface area contributed by atoms with Crippen molar-refractivity contribution in [2.24, 2.45) is 5.92 Å². The first-order valence-corrected chi connectivity index (χ1v) is 7.24. The van der Waals surface area contributed by atoms with Gasteiger partial charge in [0.1, 0.15) is 0 Å². The highest BCUT2D eigenvalue weighted by Gasteiger charge is 2.28. The Balaban J connectivity index is 2.32. The van der Waals surface area contributed by atoms with E-state index in [1.54, 1.807) is 6.92 Å². The molecule has 0 saturated heterocycles. The molecule has 0 N–H and O–H groups in total. The maximum atomic E-state index is 13.1. The summed E-state index contributed by atoms with van der Waals surface area (Å²) in [7, 11) is -3.77. The molecule has 0 aromatic heterocycles. The molecule has 0 radical (unpaired) electrons. The van der Waals surface area contributed by atoms with Crippen molar-refractivity contribution in [3.05, 3.63) is 0 Å². The topological polar surface area (TPSA) is 26.3 Å². The average molecular weight is 222 g/mol. The molecule has 0 aromatic rings. The van der Waals surface area contributed by atoms with E-state index in [9.17, 15) is 8.76 Å². The highest BCUT2D eigenvalue weighted by molar-refractivity contribution is 7.53. The predicted octanol–water partition coefficient (Wildman–Crippen LogP) is 4.15. The van der Waals surface area contributed by atoms with Crippen LogP contribution < -0.4 is 0 Å². The molecule has 0 aromatic carbocycles. The minimum Gasteiger partial charge on any atom is -0.302 e. The van der Waals surface area contributed by atoms with Crippen molar-refractivity contribution < 1.29 is 13.3 Å². The van der Waals surface area contributed by atoms with E-state index in [4.69, 9.17) is 4.52 Å². The van der Waals surface area contributed by atoms with Crippen LogP contribution in [0.25, 0.3) is 0 Å². The van der Waals surface area contributed by atoms with Gasteiger partial charge in [0.05, 0.1) is 12.3 Å². The van der Waals surface area contributed by atoms with Crippen molar-refractivity contribution in [2.45, 2.75) is 52.1 Å². The van der Waals surface area contributed by atoms with Gasteiger partial charge in [0.2, 0.25) is 0 Å². The molecule has 0 amide bonds. The summed E-state index contributed by atoms with van der Waals surface area (Å²) < 4.78 is 29.2. The van der Waals surface area contributed by atoms with Gasteiger partial charge in [-0.2, -0.15) is 4.20 Å². The van der Waals surface area contributed by atoms with Crippen molar-refractivity contribution in [3.8, 4) is 0 Å². The summed E-state index contributed by atoms with van der Waals surface area (Å²) in [6.07, 6.45) is 5.00. The van der Waals surface area contributed by atoms with Gasteiger partial charge in [-0.25, -0.2) is 0 Å². The third kappa shape index (κ3) is 3.70. The second-order valence-corrected chi connectivity index (χ2v) is 6.09. The SMILES string of the molecule is CCC1CCC(OP(=O)(F)CC)CC1. The molecule has 0 bridgehead atoms. The summed E-state index contributed by atoms with van der Waals surface area (Å²) in [5, 5.41) is 0. The zero-order valence-electron chi connectivity index (χ0n) is 9.04. The highest BCUT2D eigenvalue weighted by atomic mass is 31.2. The van der Waals surface area contributed by atoms with Crippen LogP contribution in [-0.4, -0.2) is 12.3 Å². The zero-order valence-corrected chi connectivity index (χ0v) is 9.93. The van der Waals surface area contributed by atoms with E-state index in [0.717, 1.165) is 31.6 Å². The lowest BCUT2D eigenvalue weighted by molar-refractivity contribution is 0.123. The minimum absolute atomic E-state index is 0.000701. The van der Waals surface area contributed by atoms with Crippen LogP contribution in [0.15, 0.2) is 0 Å². The maximum Gasteiger partial charge on any atom is 0.367 e. The standard InChI is InChI=1S/C10H20FO2P/c1-3-9-5-7-10(8-6-9)13-14(11,12)4-2/h9-10H,3-8H2,1-2H3. The lowest BCUT2D eigenvalue weighted by atomic mass is 9.86. The molecule has 2 nitrogen and oxygen atoms in total. The molecule has 1 atom stereocenters. The molecule has 1 unspecified atom stereocenters. The van der Waals surface area contributed by atoms with E-state index < -0.39 is 7.68 Å². The van der Waals surface area contributed by atoms with Gasteiger partial charge in [-0.1, -0.05) is 20.3 Å². The fourth-order valence-electron chi connectivity index (χ4n) is 1.94. The summed E-state index contributed by atoms with van der Waals surface area (Å²) in [5.41, 5.74) is 0. The minimum atomic E-state index is -3.77. The fourth-order valence-corrected chi connectivity index (χ4v) is 2.75. The monoisotopic (exact) mass is 222 g/mol. The first-order valence-electron chi connectivity index (χ1n) is 5.54. The van der Waals surface area contributed by atoms with Crippen molar-refractivity contribution in [1.82, 2.24) is 0 Å². The van der Waals surface area contributed by atoms with E-state index >= 15 is 0 Å². The Labute approximate surface area is 85.8 Å².